The van der Waals surface area contributed by atoms with Crippen molar-refractivity contribution >= 4 is 44.9 Å². The van der Waals surface area contributed by atoms with Crippen molar-refractivity contribution in [2.45, 2.75) is 4.90 Å². The van der Waals surface area contributed by atoms with Crippen LogP contribution in [0.4, 0.5) is 11.4 Å². The fourth-order valence-electron chi connectivity index (χ4n) is 2.17. The number of sulfonamides is 1. The first kappa shape index (κ1) is 22.3. The van der Waals surface area contributed by atoms with Gasteiger partial charge in [-0.3, -0.25) is 19.7 Å². The number of carbonyl (C=O) groups is 2. The summed E-state index contributed by atoms with van der Waals surface area (Å²) in [6.45, 7) is -1.37. The van der Waals surface area contributed by atoms with E-state index in [1.165, 1.54) is 55.6 Å². The summed E-state index contributed by atoms with van der Waals surface area (Å²) in [5.74, 6) is -1.78. The molecule has 0 unspecified atom stereocenters. The first-order chi connectivity index (χ1) is 13.6. The minimum Gasteiger partial charge on any atom is -0.455 e. The molecule has 1 N–H and O–H groups in total. The maximum atomic E-state index is 12.4. The molecule has 10 nitrogen and oxygen atoms in total. The lowest BCUT2D eigenvalue weighted by Gasteiger charge is -2.16. The Morgan fingerprint density at radius 2 is 1.79 bits per heavy atom. The molecule has 0 aromatic heterocycles. The summed E-state index contributed by atoms with van der Waals surface area (Å²) in [5.41, 5.74) is -0.373. The number of anilines is 1. The molecule has 0 spiro atoms. The highest BCUT2D eigenvalue weighted by Crippen LogP contribution is 2.23. The van der Waals surface area contributed by atoms with Gasteiger partial charge in [-0.25, -0.2) is 8.42 Å². The molecular weight excluding hydrogens is 426 g/mol. The molecule has 0 aliphatic rings. The average molecular weight is 442 g/mol. The van der Waals surface area contributed by atoms with Gasteiger partial charge in [0.15, 0.2) is 6.61 Å². The molecule has 0 heterocycles. The largest absolute Gasteiger partial charge is 0.455 e. The number of ether oxygens (including phenoxy) is 1. The smallest absolute Gasteiger partial charge is 0.321 e. The second-order valence-electron chi connectivity index (χ2n) is 5.70. The Bertz CT molecular complexity index is 1030. The zero-order valence-corrected chi connectivity index (χ0v) is 16.6. The van der Waals surface area contributed by atoms with E-state index in [9.17, 15) is 28.1 Å². The van der Waals surface area contributed by atoms with Gasteiger partial charge in [0.2, 0.25) is 10.0 Å². The molecule has 0 radical (unpaired) electrons. The lowest BCUT2D eigenvalue weighted by molar-refractivity contribution is -0.383. The third-order valence-corrected chi connectivity index (χ3v) is 5.68. The average Bonchev–Trinajstić information content (AvgIpc) is 2.67. The Labute approximate surface area is 171 Å². The van der Waals surface area contributed by atoms with Gasteiger partial charge in [-0.1, -0.05) is 23.7 Å². The van der Waals surface area contributed by atoms with E-state index in [-0.39, 0.29) is 16.3 Å². The topological polar surface area (TPSA) is 136 Å². The number of esters is 1. The van der Waals surface area contributed by atoms with Crippen LogP contribution in [-0.4, -0.2) is 49.7 Å². The van der Waals surface area contributed by atoms with E-state index in [1.807, 2.05) is 0 Å². The van der Waals surface area contributed by atoms with Crippen molar-refractivity contribution in [2.24, 2.45) is 0 Å². The molecule has 0 saturated carbocycles. The number of para-hydroxylation sites is 2. The van der Waals surface area contributed by atoms with Crippen LogP contribution < -0.4 is 5.32 Å². The number of nitro benzene ring substituents is 1. The highest BCUT2D eigenvalue weighted by atomic mass is 35.5. The molecule has 2 aromatic carbocycles. The Balaban J connectivity index is 1.91. The van der Waals surface area contributed by atoms with Crippen molar-refractivity contribution < 1.29 is 27.7 Å². The van der Waals surface area contributed by atoms with Crippen LogP contribution >= 0.6 is 11.6 Å². The normalized spacial score (nSPS) is 11.1. The quantitative estimate of drug-likeness (QED) is 0.376. The Morgan fingerprint density at radius 3 is 2.41 bits per heavy atom. The highest BCUT2D eigenvalue weighted by molar-refractivity contribution is 7.89. The fourth-order valence-corrected chi connectivity index (χ4v) is 3.41. The number of carbonyl (C=O) groups excluding carboxylic acids is 2. The van der Waals surface area contributed by atoms with E-state index in [0.717, 1.165) is 4.31 Å². The number of rotatable bonds is 8. The van der Waals surface area contributed by atoms with Crippen LogP contribution in [0, 0.1) is 10.1 Å². The van der Waals surface area contributed by atoms with Crippen LogP contribution in [-0.2, 0) is 24.3 Å². The molecule has 154 valence electrons. The van der Waals surface area contributed by atoms with Gasteiger partial charge in [0.05, 0.1) is 9.82 Å². The zero-order valence-electron chi connectivity index (χ0n) is 15.1. The molecule has 0 saturated heterocycles. The van der Waals surface area contributed by atoms with Crippen molar-refractivity contribution in [3.8, 4) is 0 Å². The zero-order chi connectivity index (χ0) is 21.6. The van der Waals surface area contributed by atoms with E-state index in [1.54, 1.807) is 0 Å². The lowest BCUT2D eigenvalue weighted by atomic mass is 10.2. The van der Waals surface area contributed by atoms with E-state index in [0.29, 0.717) is 5.02 Å². The number of hydrogen-bond donors (Lipinski definition) is 1. The van der Waals surface area contributed by atoms with Crippen LogP contribution in [0.1, 0.15) is 0 Å². The van der Waals surface area contributed by atoms with E-state index >= 15 is 0 Å². The second-order valence-corrected chi connectivity index (χ2v) is 8.18. The molecule has 1 amide bonds. The third kappa shape index (κ3) is 5.98. The number of hydrogen-bond acceptors (Lipinski definition) is 7. The minimum absolute atomic E-state index is 0.0546. The van der Waals surface area contributed by atoms with Gasteiger partial charge < -0.3 is 10.1 Å². The van der Waals surface area contributed by atoms with Gasteiger partial charge in [0, 0.05) is 18.1 Å². The molecular formula is C17H16ClN3O7S. The first-order valence-electron chi connectivity index (χ1n) is 8.02. The van der Waals surface area contributed by atoms with Crippen molar-refractivity contribution in [1.82, 2.24) is 4.31 Å². The molecule has 2 rings (SSSR count). The van der Waals surface area contributed by atoms with E-state index < -0.39 is 40.0 Å². The number of likely N-dealkylation sites (N-methyl/N-ethyl adjacent to an activating group) is 1. The molecule has 0 bridgehead atoms. The van der Waals surface area contributed by atoms with Crippen molar-refractivity contribution in [3.63, 3.8) is 0 Å². The van der Waals surface area contributed by atoms with Crippen LogP contribution in [0.3, 0.4) is 0 Å². The van der Waals surface area contributed by atoms with E-state index in [4.69, 9.17) is 16.3 Å². The predicted molar refractivity (Wildman–Crippen MR) is 104 cm³/mol. The maximum Gasteiger partial charge on any atom is 0.321 e. The fraction of sp³-hybridized carbons (Fsp3) is 0.176. The monoisotopic (exact) mass is 441 g/mol. The molecule has 0 fully saturated rings. The summed E-state index contributed by atoms with van der Waals surface area (Å²) < 4.78 is 30.3. The minimum atomic E-state index is -3.95. The summed E-state index contributed by atoms with van der Waals surface area (Å²) in [6, 6.07) is 10.8. The van der Waals surface area contributed by atoms with Crippen LogP contribution in [0.15, 0.2) is 53.4 Å². The van der Waals surface area contributed by atoms with Gasteiger partial charge in [0.25, 0.3) is 11.6 Å². The lowest BCUT2D eigenvalue weighted by Crippen LogP contribution is -2.34. The van der Waals surface area contributed by atoms with Gasteiger partial charge in [-0.15, -0.1) is 0 Å². The second kappa shape index (κ2) is 9.45. The maximum absolute atomic E-state index is 12.4. The molecule has 0 aliphatic carbocycles. The van der Waals surface area contributed by atoms with Gasteiger partial charge in [0.1, 0.15) is 12.2 Å². The SMILES string of the molecule is CN(CC(=O)OCC(=O)Nc1ccccc1[N+](=O)[O-])S(=O)(=O)c1ccc(Cl)cc1. The van der Waals surface area contributed by atoms with Crippen molar-refractivity contribution in [1.29, 1.82) is 0 Å². The number of nitro groups is 1. The summed E-state index contributed by atoms with van der Waals surface area (Å²) in [5, 5.41) is 13.5. The summed E-state index contributed by atoms with van der Waals surface area (Å²) >= 11 is 5.72. The summed E-state index contributed by atoms with van der Waals surface area (Å²) in [4.78, 5) is 33.9. The molecule has 0 atom stereocenters. The number of halogens is 1. The van der Waals surface area contributed by atoms with Gasteiger partial charge in [-0.2, -0.15) is 4.31 Å². The molecule has 2 aromatic rings. The van der Waals surface area contributed by atoms with Crippen LogP contribution in [0.25, 0.3) is 0 Å². The third-order valence-electron chi connectivity index (χ3n) is 3.61. The highest BCUT2D eigenvalue weighted by Gasteiger charge is 2.24. The van der Waals surface area contributed by atoms with Crippen LogP contribution in [0.5, 0.6) is 0 Å². The van der Waals surface area contributed by atoms with Crippen LogP contribution in [0.2, 0.25) is 5.02 Å². The van der Waals surface area contributed by atoms with Gasteiger partial charge in [-0.05, 0) is 30.3 Å². The number of nitrogens with one attached hydrogen (secondary N) is 1. The number of amides is 1. The van der Waals surface area contributed by atoms with Gasteiger partial charge >= 0.3 is 5.97 Å². The first-order valence-corrected chi connectivity index (χ1v) is 9.84. The predicted octanol–water partition coefficient (Wildman–Crippen LogP) is 2.05. The molecule has 12 heteroatoms. The molecule has 0 aliphatic heterocycles. The number of nitrogens with zero attached hydrogens (tertiary/aromatic N) is 2. The molecule has 29 heavy (non-hydrogen) atoms. The Morgan fingerprint density at radius 1 is 1.17 bits per heavy atom. The summed E-state index contributed by atoms with van der Waals surface area (Å²) in [7, 11) is -2.78. The van der Waals surface area contributed by atoms with Crippen molar-refractivity contribution in [3.05, 3.63) is 63.7 Å². The Kier molecular flexibility index (Phi) is 7.26. The van der Waals surface area contributed by atoms with Crippen molar-refractivity contribution in [2.75, 3.05) is 25.5 Å². The standard InChI is InChI=1S/C17H16ClN3O7S/c1-20(29(26,27)13-8-6-12(18)7-9-13)10-17(23)28-11-16(22)19-14-4-2-3-5-15(14)21(24)25/h2-9H,10-11H2,1H3,(H,19,22). The summed E-state index contributed by atoms with van der Waals surface area (Å²) in [6.07, 6.45) is 0. The number of benzene rings is 2. The Hall–Kier alpha value is -3.02. The van der Waals surface area contributed by atoms with E-state index in [2.05, 4.69) is 5.32 Å².